The molecule has 0 aliphatic heterocycles. The molecule has 4 aromatic carbocycles. The Balaban J connectivity index is 1.37. The zero-order valence-corrected chi connectivity index (χ0v) is 23.7. The van der Waals surface area contributed by atoms with Crippen molar-refractivity contribution in [2.45, 2.75) is 39.5 Å². The number of rotatable bonds is 14. The molecule has 4 aromatic rings. The van der Waals surface area contributed by atoms with Crippen LogP contribution < -0.4 is 9.47 Å². The Morgan fingerprint density at radius 2 is 0.951 bits per heavy atom. The van der Waals surface area contributed by atoms with E-state index in [0.717, 1.165) is 11.1 Å². The summed E-state index contributed by atoms with van der Waals surface area (Å²) in [4.78, 5) is 22.1. The Morgan fingerprint density at radius 1 is 0.561 bits per heavy atom. The lowest BCUT2D eigenvalue weighted by atomic mass is 10.2. The normalized spacial score (nSPS) is 11.2. The van der Waals surface area contributed by atoms with Gasteiger partial charge in [-0.1, -0.05) is 60.7 Å². The summed E-state index contributed by atoms with van der Waals surface area (Å²) in [5, 5.41) is 23.0. The van der Waals surface area contributed by atoms with Crippen LogP contribution in [-0.4, -0.2) is 18.4 Å². The highest BCUT2D eigenvalue weighted by molar-refractivity contribution is 6.64. The summed E-state index contributed by atoms with van der Waals surface area (Å²) in [6, 6.07) is 28.1. The molecule has 10 nitrogen and oxygen atoms in total. The van der Waals surface area contributed by atoms with E-state index >= 15 is 0 Å². The first-order chi connectivity index (χ1) is 19.7. The minimum atomic E-state index is -2.67. The van der Waals surface area contributed by atoms with Crippen LogP contribution in [0.1, 0.15) is 22.3 Å². The number of ether oxygens (including phenoxy) is 2. The van der Waals surface area contributed by atoms with Gasteiger partial charge >= 0.3 is 19.9 Å². The highest BCUT2D eigenvalue weighted by atomic mass is 28.4. The van der Waals surface area contributed by atoms with E-state index < -0.39 is 18.4 Å². The topological polar surface area (TPSA) is 123 Å². The van der Waals surface area contributed by atoms with Crippen LogP contribution >= 0.6 is 0 Å². The highest BCUT2D eigenvalue weighted by Gasteiger charge is 2.26. The molecular formula is C30H30N2O8Si. The van der Waals surface area contributed by atoms with Gasteiger partial charge in [-0.2, -0.15) is 0 Å². The third-order valence-corrected chi connectivity index (χ3v) is 7.77. The molecule has 0 saturated heterocycles. The number of hydrogen-bond donors (Lipinski definition) is 0. The van der Waals surface area contributed by atoms with Crippen LogP contribution in [0.2, 0.25) is 13.1 Å². The molecule has 0 aromatic heterocycles. The molecule has 41 heavy (non-hydrogen) atoms. The molecule has 0 atom stereocenters. The molecule has 0 N–H and O–H groups in total. The third-order valence-electron chi connectivity index (χ3n) is 6.09. The molecule has 0 amide bonds. The number of benzene rings is 4. The summed E-state index contributed by atoms with van der Waals surface area (Å²) >= 11 is 0. The molecule has 0 heterocycles. The smallest absolute Gasteiger partial charge is 0.332 e. The number of nitrogens with zero attached hydrogens (tertiary/aromatic N) is 2. The second kappa shape index (κ2) is 13.7. The van der Waals surface area contributed by atoms with Crippen molar-refractivity contribution in [3.05, 3.63) is 140 Å². The van der Waals surface area contributed by atoms with E-state index in [2.05, 4.69) is 0 Å². The monoisotopic (exact) mass is 574 g/mol. The number of hydrogen-bond acceptors (Lipinski definition) is 8. The molecule has 0 unspecified atom stereocenters. The summed E-state index contributed by atoms with van der Waals surface area (Å²) in [7, 11) is -2.67. The predicted molar refractivity (Wildman–Crippen MR) is 155 cm³/mol. The molecule has 212 valence electrons. The molecule has 0 radical (unpaired) electrons. The van der Waals surface area contributed by atoms with Crippen LogP contribution in [0, 0.1) is 20.2 Å². The molecule has 0 saturated carbocycles. The summed E-state index contributed by atoms with van der Waals surface area (Å²) in [6.45, 7) is 4.49. The lowest BCUT2D eigenvalue weighted by Gasteiger charge is -2.23. The van der Waals surface area contributed by atoms with Crippen molar-refractivity contribution in [2.75, 3.05) is 0 Å². The predicted octanol–water partition coefficient (Wildman–Crippen LogP) is 7.10. The van der Waals surface area contributed by atoms with Crippen molar-refractivity contribution in [1.29, 1.82) is 0 Å². The average Bonchev–Trinajstić information content (AvgIpc) is 2.98. The van der Waals surface area contributed by atoms with Crippen LogP contribution in [0.4, 0.5) is 11.4 Å². The first kappa shape index (κ1) is 29.4. The van der Waals surface area contributed by atoms with Crippen LogP contribution in [0.5, 0.6) is 11.5 Å². The summed E-state index contributed by atoms with van der Waals surface area (Å²) in [5.41, 5.74) is 2.95. The number of nitro groups is 2. The first-order valence-electron chi connectivity index (χ1n) is 12.9. The maximum Gasteiger partial charge on any atom is 0.332 e. The zero-order chi connectivity index (χ0) is 29.2. The van der Waals surface area contributed by atoms with Crippen molar-refractivity contribution >= 4 is 19.9 Å². The van der Waals surface area contributed by atoms with Crippen LogP contribution in [0.25, 0.3) is 0 Å². The van der Waals surface area contributed by atoms with Gasteiger partial charge in [-0.3, -0.25) is 20.2 Å². The van der Waals surface area contributed by atoms with Crippen molar-refractivity contribution in [3.63, 3.8) is 0 Å². The van der Waals surface area contributed by atoms with Gasteiger partial charge in [-0.05, 0) is 59.6 Å². The zero-order valence-electron chi connectivity index (χ0n) is 22.7. The van der Waals surface area contributed by atoms with Crippen molar-refractivity contribution in [2.24, 2.45) is 0 Å². The van der Waals surface area contributed by atoms with E-state index in [1.54, 1.807) is 24.3 Å². The van der Waals surface area contributed by atoms with Crippen molar-refractivity contribution < 1.29 is 28.2 Å². The van der Waals surface area contributed by atoms with E-state index in [-0.39, 0.29) is 49.3 Å². The van der Waals surface area contributed by atoms with E-state index in [0.29, 0.717) is 11.1 Å². The van der Waals surface area contributed by atoms with Crippen molar-refractivity contribution in [3.8, 4) is 11.5 Å². The standard InChI is InChI=1S/C30H30N2O8Si/c1-41(2,39-21-25-13-15-27(31(33)34)29(17-25)37-19-23-9-5-3-6-10-23)40-22-26-14-16-28(32(35)36)30(18-26)38-20-24-11-7-4-8-12-24/h3-18H,19-22H2,1-2H3. The van der Waals surface area contributed by atoms with Gasteiger partial charge in [0, 0.05) is 12.1 Å². The first-order valence-corrected chi connectivity index (χ1v) is 15.7. The molecule has 0 aliphatic rings. The van der Waals surface area contributed by atoms with Gasteiger partial charge < -0.3 is 18.3 Å². The Hall–Kier alpha value is -4.58. The Morgan fingerprint density at radius 3 is 1.32 bits per heavy atom. The maximum atomic E-state index is 11.5. The molecule has 0 spiro atoms. The Kier molecular flexibility index (Phi) is 9.80. The van der Waals surface area contributed by atoms with E-state index in [4.69, 9.17) is 18.3 Å². The second-order valence-corrected chi connectivity index (χ2v) is 13.0. The van der Waals surface area contributed by atoms with E-state index in [1.165, 1.54) is 12.1 Å². The minimum Gasteiger partial charge on any atom is -0.482 e. The van der Waals surface area contributed by atoms with Crippen LogP contribution in [0.3, 0.4) is 0 Å². The third kappa shape index (κ3) is 8.70. The fourth-order valence-electron chi connectivity index (χ4n) is 3.86. The molecule has 0 fully saturated rings. The second-order valence-electron chi connectivity index (χ2n) is 9.64. The quantitative estimate of drug-likeness (QED) is 0.0888. The summed E-state index contributed by atoms with van der Waals surface area (Å²) < 4.78 is 23.8. The van der Waals surface area contributed by atoms with Gasteiger partial charge in [-0.15, -0.1) is 0 Å². The fraction of sp³-hybridized carbons (Fsp3) is 0.200. The van der Waals surface area contributed by atoms with Gasteiger partial charge in [-0.25, -0.2) is 0 Å². The summed E-state index contributed by atoms with van der Waals surface area (Å²) in [6.07, 6.45) is 0. The van der Waals surface area contributed by atoms with Crippen LogP contribution in [-0.2, 0) is 35.3 Å². The summed E-state index contributed by atoms with van der Waals surface area (Å²) in [5.74, 6) is 0.323. The molecule has 0 aliphatic carbocycles. The maximum absolute atomic E-state index is 11.5. The Bertz CT molecular complexity index is 1370. The van der Waals surface area contributed by atoms with Crippen molar-refractivity contribution in [1.82, 2.24) is 0 Å². The lowest BCUT2D eigenvalue weighted by molar-refractivity contribution is -0.386. The van der Waals surface area contributed by atoms with Gasteiger partial charge in [0.05, 0.1) is 23.1 Å². The fourth-order valence-corrected chi connectivity index (χ4v) is 4.97. The lowest BCUT2D eigenvalue weighted by Crippen LogP contribution is -2.34. The van der Waals surface area contributed by atoms with Gasteiger partial charge in [0.1, 0.15) is 13.2 Å². The van der Waals surface area contributed by atoms with E-state index in [1.807, 2.05) is 73.8 Å². The van der Waals surface area contributed by atoms with Gasteiger partial charge in [0.15, 0.2) is 11.5 Å². The Labute approximate surface area is 238 Å². The minimum absolute atomic E-state index is 0.124. The largest absolute Gasteiger partial charge is 0.482 e. The molecule has 0 bridgehead atoms. The molecular weight excluding hydrogens is 544 g/mol. The SMILES string of the molecule is C[Si](C)(OCc1ccc([N+](=O)[O-])c(OCc2ccccc2)c1)OCc1ccc([N+](=O)[O-])c(OCc2ccccc2)c1. The van der Waals surface area contributed by atoms with E-state index in [9.17, 15) is 20.2 Å². The molecule has 4 rings (SSSR count). The van der Waals surface area contributed by atoms with Gasteiger partial charge in [0.25, 0.3) is 0 Å². The highest BCUT2D eigenvalue weighted by Crippen LogP contribution is 2.31. The average molecular weight is 575 g/mol. The van der Waals surface area contributed by atoms with Gasteiger partial charge in [0.2, 0.25) is 0 Å². The number of nitro benzene ring substituents is 2. The molecule has 11 heteroatoms. The van der Waals surface area contributed by atoms with Crippen LogP contribution in [0.15, 0.2) is 97.1 Å².